The Bertz CT molecular complexity index is 1410. The van der Waals surface area contributed by atoms with E-state index in [0.717, 1.165) is 11.1 Å². The van der Waals surface area contributed by atoms with Crippen molar-refractivity contribution in [1.29, 1.82) is 0 Å². The van der Waals surface area contributed by atoms with Gasteiger partial charge in [0.05, 0.1) is 12.1 Å². The van der Waals surface area contributed by atoms with E-state index in [1.165, 1.54) is 0 Å². The van der Waals surface area contributed by atoms with E-state index in [4.69, 9.17) is 0 Å². The Morgan fingerprint density at radius 2 is 0.684 bits per heavy atom. The second-order valence-corrected chi connectivity index (χ2v) is 9.18. The lowest BCUT2D eigenvalue weighted by Crippen LogP contribution is -2.40. The largest absolute Gasteiger partial charge is 0.386 e. The second-order valence-electron chi connectivity index (χ2n) is 9.18. The summed E-state index contributed by atoms with van der Waals surface area (Å²) in [6, 6.07) is 35.5. The van der Waals surface area contributed by atoms with Crippen LogP contribution in [0.2, 0.25) is 0 Å². The van der Waals surface area contributed by atoms with Gasteiger partial charge in [0.1, 0.15) is 23.6 Å². The van der Waals surface area contributed by atoms with Crippen molar-refractivity contribution in [3.63, 3.8) is 0 Å². The van der Waals surface area contributed by atoms with Crippen molar-refractivity contribution in [2.45, 2.75) is 24.3 Å². The average molecular weight is 505 g/mol. The molecule has 0 heterocycles. The van der Waals surface area contributed by atoms with Gasteiger partial charge in [-0.05, 0) is 22.3 Å². The first-order valence-corrected chi connectivity index (χ1v) is 12.5. The Morgan fingerprint density at radius 1 is 0.421 bits per heavy atom. The van der Waals surface area contributed by atoms with Crippen LogP contribution >= 0.6 is 0 Å². The van der Waals surface area contributed by atoms with Crippen LogP contribution in [0.25, 0.3) is 0 Å². The van der Waals surface area contributed by atoms with Crippen molar-refractivity contribution in [3.8, 4) is 0 Å². The van der Waals surface area contributed by atoms with Gasteiger partial charge < -0.3 is 20.8 Å². The minimum Gasteiger partial charge on any atom is -0.386 e. The molecule has 0 bridgehead atoms. The third kappa shape index (κ3) is 5.13. The SMILES string of the molecule is O=c1c(N[C@H](c2ccccc2)[C@@H](O)c2ccccc2)c(N[C@H](c2ccccc2)[C@@H](O)c2ccccc2)c1=O. The van der Waals surface area contributed by atoms with Gasteiger partial charge in [-0.3, -0.25) is 9.59 Å². The standard InChI is InChI=1S/C32H28N2O4/c35-29(23-17-9-3-10-18-23)25(21-13-5-1-6-14-21)33-27-28(32(38)31(27)37)34-26(22-15-7-2-8-16-22)30(36)24-19-11-4-12-20-24/h1-20,25-26,29-30,33-36H/t25-,26-,29+,30+/m1/s1. The fourth-order valence-electron chi connectivity index (χ4n) is 4.67. The normalized spacial score (nSPS) is 14.4. The van der Waals surface area contributed by atoms with Crippen LogP contribution in [0.4, 0.5) is 11.4 Å². The smallest absolute Gasteiger partial charge is 0.253 e. The highest BCUT2D eigenvalue weighted by atomic mass is 16.3. The van der Waals surface area contributed by atoms with Crippen LogP contribution in [-0.4, -0.2) is 10.2 Å². The molecule has 0 saturated heterocycles. The van der Waals surface area contributed by atoms with Crippen LogP contribution in [-0.2, 0) is 0 Å². The number of aliphatic hydroxyl groups excluding tert-OH is 2. The van der Waals surface area contributed by atoms with E-state index in [-0.39, 0.29) is 11.4 Å². The highest BCUT2D eigenvalue weighted by molar-refractivity contribution is 5.75. The third-order valence-electron chi connectivity index (χ3n) is 6.74. The molecule has 0 unspecified atom stereocenters. The van der Waals surface area contributed by atoms with E-state index in [0.29, 0.717) is 11.1 Å². The number of hydrogen-bond acceptors (Lipinski definition) is 6. The molecule has 5 aromatic carbocycles. The molecule has 38 heavy (non-hydrogen) atoms. The number of hydrogen-bond donors (Lipinski definition) is 4. The lowest BCUT2D eigenvalue weighted by Gasteiger charge is -2.30. The molecule has 0 aromatic heterocycles. The quantitative estimate of drug-likeness (QED) is 0.199. The van der Waals surface area contributed by atoms with E-state index in [2.05, 4.69) is 10.6 Å². The molecular weight excluding hydrogens is 476 g/mol. The molecule has 190 valence electrons. The highest BCUT2D eigenvalue weighted by Crippen LogP contribution is 2.36. The predicted octanol–water partition coefficient (Wildman–Crippen LogP) is 5.06. The maximum Gasteiger partial charge on any atom is 0.253 e. The molecule has 0 saturated carbocycles. The lowest BCUT2D eigenvalue weighted by atomic mass is 9.93. The molecular formula is C32H28N2O4. The van der Waals surface area contributed by atoms with Gasteiger partial charge in [-0.25, -0.2) is 0 Å². The van der Waals surface area contributed by atoms with Gasteiger partial charge in [-0.2, -0.15) is 0 Å². The van der Waals surface area contributed by atoms with Gasteiger partial charge >= 0.3 is 0 Å². The van der Waals surface area contributed by atoms with Crippen LogP contribution in [0.5, 0.6) is 0 Å². The zero-order valence-electron chi connectivity index (χ0n) is 20.6. The Labute approximate surface area is 220 Å². The highest BCUT2D eigenvalue weighted by Gasteiger charge is 2.32. The molecule has 6 heteroatoms. The van der Waals surface area contributed by atoms with Crippen LogP contribution in [0.1, 0.15) is 46.5 Å². The van der Waals surface area contributed by atoms with Crippen molar-refractivity contribution >= 4 is 11.4 Å². The maximum absolute atomic E-state index is 12.8. The first kappa shape index (κ1) is 25.1. The van der Waals surface area contributed by atoms with Crippen LogP contribution in [0.15, 0.2) is 131 Å². The second kappa shape index (κ2) is 11.3. The Morgan fingerprint density at radius 3 is 0.974 bits per heavy atom. The molecule has 5 aromatic rings. The minimum atomic E-state index is -0.990. The monoisotopic (exact) mass is 504 g/mol. The van der Waals surface area contributed by atoms with Gasteiger partial charge in [-0.15, -0.1) is 0 Å². The third-order valence-corrected chi connectivity index (χ3v) is 6.74. The molecule has 0 aliphatic carbocycles. The van der Waals surface area contributed by atoms with Gasteiger partial charge in [0, 0.05) is 0 Å². The lowest BCUT2D eigenvalue weighted by molar-refractivity contribution is 0.153. The average Bonchev–Trinajstić information content (AvgIpc) is 2.99. The Kier molecular flexibility index (Phi) is 7.45. The predicted molar refractivity (Wildman–Crippen MR) is 150 cm³/mol. The number of nitrogens with one attached hydrogen (secondary N) is 2. The molecule has 0 amide bonds. The number of aliphatic hydroxyl groups is 2. The Hall–Kier alpha value is -4.52. The van der Waals surface area contributed by atoms with Crippen LogP contribution in [0, 0.1) is 0 Å². The van der Waals surface area contributed by atoms with Gasteiger partial charge in [-0.1, -0.05) is 121 Å². The Balaban J connectivity index is 1.50. The molecule has 0 fully saturated rings. The van der Waals surface area contributed by atoms with Crippen molar-refractivity contribution in [2.75, 3.05) is 10.6 Å². The van der Waals surface area contributed by atoms with E-state index < -0.39 is 35.1 Å². The van der Waals surface area contributed by atoms with Crippen LogP contribution in [0.3, 0.4) is 0 Å². The van der Waals surface area contributed by atoms with E-state index in [1.54, 1.807) is 0 Å². The summed E-state index contributed by atoms with van der Waals surface area (Å²) in [6.07, 6.45) is -1.98. The fraction of sp³-hybridized carbons (Fsp3) is 0.125. The summed E-state index contributed by atoms with van der Waals surface area (Å²) in [5.41, 5.74) is 1.68. The first-order valence-electron chi connectivity index (χ1n) is 12.5. The summed E-state index contributed by atoms with van der Waals surface area (Å²) in [6.45, 7) is 0. The van der Waals surface area contributed by atoms with Gasteiger partial charge in [0.2, 0.25) is 0 Å². The minimum absolute atomic E-state index is 0.0834. The summed E-state index contributed by atoms with van der Waals surface area (Å²) >= 11 is 0. The van der Waals surface area contributed by atoms with Gasteiger partial charge in [0.25, 0.3) is 10.9 Å². The topological polar surface area (TPSA) is 98.7 Å². The van der Waals surface area contributed by atoms with E-state index >= 15 is 0 Å². The number of benzene rings is 4. The van der Waals surface area contributed by atoms with Gasteiger partial charge in [0.15, 0.2) is 0 Å². The molecule has 4 atom stereocenters. The molecule has 5 rings (SSSR count). The summed E-state index contributed by atoms with van der Waals surface area (Å²) in [5, 5.41) is 28.9. The zero-order valence-corrected chi connectivity index (χ0v) is 20.6. The molecule has 4 N–H and O–H groups in total. The zero-order chi connectivity index (χ0) is 26.5. The number of rotatable bonds is 10. The summed E-state index contributed by atoms with van der Waals surface area (Å²) in [5.74, 6) is 0. The van der Waals surface area contributed by atoms with Crippen molar-refractivity contribution in [2.24, 2.45) is 0 Å². The molecule has 0 radical (unpaired) electrons. The van der Waals surface area contributed by atoms with Crippen molar-refractivity contribution in [3.05, 3.63) is 164 Å². The first-order chi connectivity index (χ1) is 18.5. The van der Waals surface area contributed by atoms with E-state index in [1.807, 2.05) is 121 Å². The molecule has 0 aliphatic rings. The summed E-state index contributed by atoms with van der Waals surface area (Å²) < 4.78 is 0. The molecule has 0 aliphatic heterocycles. The molecule has 0 spiro atoms. The van der Waals surface area contributed by atoms with Crippen molar-refractivity contribution in [1.82, 2.24) is 0 Å². The molecule has 6 nitrogen and oxygen atoms in total. The van der Waals surface area contributed by atoms with Crippen LogP contribution < -0.4 is 21.5 Å². The summed E-state index contributed by atoms with van der Waals surface area (Å²) in [7, 11) is 0. The van der Waals surface area contributed by atoms with Crippen molar-refractivity contribution < 1.29 is 10.2 Å². The van der Waals surface area contributed by atoms with E-state index in [9.17, 15) is 19.8 Å². The summed E-state index contributed by atoms with van der Waals surface area (Å²) in [4.78, 5) is 25.6. The maximum atomic E-state index is 12.8. The number of anilines is 2. The fourth-order valence-corrected chi connectivity index (χ4v) is 4.67.